The first-order chi connectivity index (χ1) is 21.2. The van der Waals surface area contributed by atoms with E-state index in [-0.39, 0.29) is 29.6 Å². The molecule has 44 heavy (non-hydrogen) atoms. The Morgan fingerprint density at radius 2 is 1.73 bits per heavy atom. The predicted octanol–water partition coefficient (Wildman–Crippen LogP) is 5.57. The lowest BCUT2D eigenvalue weighted by Gasteiger charge is -2.28. The van der Waals surface area contributed by atoms with Gasteiger partial charge in [-0.2, -0.15) is 0 Å². The number of carbonyl (C=O) groups is 3. The fourth-order valence-electron chi connectivity index (χ4n) is 5.70. The average Bonchev–Trinajstić information content (AvgIpc) is 3.51. The number of hydrogen-bond donors (Lipinski definition) is 3. The molecule has 0 bridgehead atoms. The zero-order chi connectivity index (χ0) is 31.6. The number of benzene rings is 3. The minimum absolute atomic E-state index is 0.108. The van der Waals surface area contributed by atoms with Gasteiger partial charge in [-0.1, -0.05) is 44.2 Å². The molecule has 0 saturated carbocycles. The van der Waals surface area contributed by atoms with Crippen LogP contribution in [0.25, 0.3) is 0 Å². The Kier molecular flexibility index (Phi) is 11.5. The van der Waals surface area contributed by atoms with E-state index in [4.69, 9.17) is 10.5 Å². The molecule has 3 aromatic rings. The van der Waals surface area contributed by atoms with E-state index in [0.29, 0.717) is 48.6 Å². The summed E-state index contributed by atoms with van der Waals surface area (Å²) in [5.41, 5.74) is 8.87. The predicted molar refractivity (Wildman–Crippen MR) is 170 cm³/mol. The molecule has 4 atom stereocenters. The third-order valence-corrected chi connectivity index (χ3v) is 8.15. The Morgan fingerprint density at radius 1 is 1.02 bits per heavy atom. The quantitative estimate of drug-likeness (QED) is 0.237. The van der Waals surface area contributed by atoms with Crippen molar-refractivity contribution in [3.05, 3.63) is 95.3 Å². The van der Waals surface area contributed by atoms with Crippen LogP contribution in [-0.4, -0.2) is 53.9 Å². The summed E-state index contributed by atoms with van der Waals surface area (Å²) in [7, 11) is 0. The molecular weight excluding hydrogens is 559 g/mol. The maximum absolute atomic E-state index is 13.8. The van der Waals surface area contributed by atoms with E-state index >= 15 is 0 Å². The molecule has 1 saturated heterocycles. The maximum Gasteiger partial charge on any atom is 0.254 e. The highest BCUT2D eigenvalue weighted by Crippen LogP contribution is 2.25. The monoisotopic (exact) mass is 602 g/mol. The van der Waals surface area contributed by atoms with Gasteiger partial charge in [-0.3, -0.25) is 14.4 Å². The van der Waals surface area contributed by atoms with Crippen molar-refractivity contribution in [2.75, 3.05) is 18.5 Å². The van der Waals surface area contributed by atoms with Gasteiger partial charge in [-0.15, -0.1) is 0 Å². The van der Waals surface area contributed by atoms with Crippen LogP contribution in [0.15, 0.2) is 72.8 Å². The molecule has 1 fully saturated rings. The number of halogens is 1. The summed E-state index contributed by atoms with van der Waals surface area (Å²) in [4.78, 5) is 42.1. The third kappa shape index (κ3) is 8.66. The number of hydrogen-bond acceptors (Lipinski definition) is 5. The highest BCUT2D eigenvalue weighted by molar-refractivity contribution is 6.00. The Balaban J connectivity index is 1.53. The number of amides is 3. The number of carbonyl (C=O) groups excluding carboxylic acids is 3. The van der Waals surface area contributed by atoms with E-state index < -0.39 is 18.0 Å². The molecule has 0 aromatic heterocycles. The molecule has 8 nitrogen and oxygen atoms in total. The summed E-state index contributed by atoms with van der Waals surface area (Å²) < 4.78 is 19.0. The fourth-order valence-corrected chi connectivity index (χ4v) is 5.70. The second kappa shape index (κ2) is 15.5. The first kappa shape index (κ1) is 32.7. The Labute approximate surface area is 259 Å². The smallest absolute Gasteiger partial charge is 0.254 e. The van der Waals surface area contributed by atoms with Gasteiger partial charge in [-0.25, -0.2) is 4.39 Å². The van der Waals surface area contributed by atoms with Gasteiger partial charge in [0, 0.05) is 47.4 Å². The van der Waals surface area contributed by atoms with Crippen molar-refractivity contribution in [3.63, 3.8) is 0 Å². The number of nitrogens with zero attached hydrogens (tertiary/aromatic N) is 1. The van der Waals surface area contributed by atoms with Crippen LogP contribution in [0.1, 0.15) is 72.7 Å². The first-order valence-corrected chi connectivity index (χ1v) is 15.4. The van der Waals surface area contributed by atoms with Gasteiger partial charge in [-0.05, 0) is 87.1 Å². The van der Waals surface area contributed by atoms with Gasteiger partial charge < -0.3 is 26.0 Å². The maximum atomic E-state index is 13.8. The van der Waals surface area contributed by atoms with E-state index in [1.807, 2.05) is 42.2 Å². The normalized spacial score (nSPS) is 16.6. The van der Waals surface area contributed by atoms with Crippen LogP contribution in [0.2, 0.25) is 0 Å². The number of ether oxygens (including phenoxy) is 1. The second-order valence-electron chi connectivity index (χ2n) is 11.4. The molecule has 3 aromatic carbocycles. The molecule has 1 heterocycles. The zero-order valence-electron chi connectivity index (χ0n) is 25.7. The van der Waals surface area contributed by atoms with Crippen LogP contribution < -0.4 is 21.1 Å². The summed E-state index contributed by atoms with van der Waals surface area (Å²) in [5.74, 6) is -1.16. The molecule has 9 heteroatoms. The lowest BCUT2D eigenvalue weighted by molar-refractivity contribution is -0.119. The van der Waals surface area contributed by atoms with Gasteiger partial charge in [0.25, 0.3) is 11.8 Å². The van der Waals surface area contributed by atoms with Gasteiger partial charge in [0.2, 0.25) is 5.91 Å². The molecule has 0 unspecified atom stereocenters. The van der Waals surface area contributed by atoms with Crippen molar-refractivity contribution in [1.29, 1.82) is 0 Å². The van der Waals surface area contributed by atoms with Crippen LogP contribution >= 0.6 is 0 Å². The minimum atomic E-state index is -0.570. The largest absolute Gasteiger partial charge is 0.494 e. The molecule has 1 aliphatic rings. The van der Waals surface area contributed by atoms with Gasteiger partial charge in [0.15, 0.2) is 0 Å². The number of nitrogens with two attached hydrogens (primary N) is 1. The summed E-state index contributed by atoms with van der Waals surface area (Å²) in [6.45, 7) is 6.78. The third-order valence-electron chi connectivity index (χ3n) is 8.15. The van der Waals surface area contributed by atoms with Crippen LogP contribution in [0.4, 0.5) is 10.1 Å². The van der Waals surface area contributed by atoms with Crippen LogP contribution in [0.3, 0.4) is 0 Å². The molecule has 0 spiro atoms. The summed E-state index contributed by atoms with van der Waals surface area (Å²) in [6, 6.07) is 19.3. The lowest BCUT2D eigenvalue weighted by atomic mass is 9.91. The molecule has 1 aliphatic heterocycles. The van der Waals surface area contributed by atoms with E-state index in [1.165, 1.54) is 24.3 Å². The SMILES string of the molecule is CCOc1cc(C(=O)N[C@@H](Cc2ccccc2)[C@@H](N)C[C@@H](C)C(=O)Nc2ccc(F)cc2)cc(C(=O)N2CCC[C@@H]2CC)c1. The van der Waals surface area contributed by atoms with E-state index in [2.05, 4.69) is 17.6 Å². The number of anilines is 1. The molecular formula is C35H43FN4O4. The molecule has 0 radical (unpaired) electrons. The summed E-state index contributed by atoms with van der Waals surface area (Å²) in [5, 5.41) is 5.89. The topological polar surface area (TPSA) is 114 Å². The van der Waals surface area contributed by atoms with E-state index in [1.54, 1.807) is 25.1 Å². The van der Waals surface area contributed by atoms with E-state index in [0.717, 1.165) is 24.8 Å². The van der Waals surface area contributed by atoms with Crippen molar-refractivity contribution < 1.29 is 23.5 Å². The Bertz CT molecular complexity index is 1420. The summed E-state index contributed by atoms with van der Waals surface area (Å²) in [6.07, 6.45) is 3.55. The van der Waals surface area contributed by atoms with Crippen LogP contribution in [0.5, 0.6) is 5.75 Å². The number of likely N-dealkylation sites (tertiary alicyclic amines) is 1. The molecule has 3 amide bonds. The molecule has 4 N–H and O–H groups in total. The lowest BCUT2D eigenvalue weighted by Crippen LogP contribution is -2.50. The minimum Gasteiger partial charge on any atom is -0.494 e. The average molecular weight is 603 g/mol. The second-order valence-corrected chi connectivity index (χ2v) is 11.4. The van der Waals surface area contributed by atoms with Crippen LogP contribution in [0, 0.1) is 11.7 Å². The van der Waals surface area contributed by atoms with Crippen LogP contribution in [-0.2, 0) is 11.2 Å². The van der Waals surface area contributed by atoms with Crippen molar-refractivity contribution in [3.8, 4) is 5.75 Å². The van der Waals surface area contributed by atoms with Crippen molar-refractivity contribution >= 4 is 23.4 Å². The highest BCUT2D eigenvalue weighted by Gasteiger charge is 2.30. The number of nitrogens with one attached hydrogen (secondary N) is 2. The van der Waals surface area contributed by atoms with E-state index in [9.17, 15) is 18.8 Å². The molecule has 4 rings (SSSR count). The van der Waals surface area contributed by atoms with Gasteiger partial charge in [0.1, 0.15) is 11.6 Å². The molecule has 0 aliphatic carbocycles. The van der Waals surface area contributed by atoms with Gasteiger partial charge in [0.05, 0.1) is 6.61 Å². The van der Waals surface area contributed by atoms with Crippen molar-refractivity contribution in [2.45, 2.75) is 71.0 Å². The fraction of sp³-hybridized carbons (Fsp3) is 0.400. The first-order valence-electron chi connectivity index (χ1n) is 15.4. The standard InChI is InChI=1S/C35H43FN4O4/c1-4-29-12-9-17-40(29)35(43)26-20-25(21-30(22-26)44-5-2)34(42)39-32(19-24-10-7-6-8-11-24)31(37)18-23(3)33(41)38-28-15-13-27(36)14-16-28/h6-8,10-11,13-16,20-23,29,31-32H,4-5,9,12,17-19,37H2,1-3H3,(H,38,41)(H,39,42)/t23-,29+,31+,32+/m1/s1. The van der Waals surface area contributed by atoms with Crippen molar-refractivity contribution in [2.24, 2.45) is 11.7 Å². The Hall–Kier alpha value is -4.24. The van der Waals surface area contributed by atoms with Gasteiger partial charge >= 0.3 is 0 Å². The van der Waals surface area contributed by atoms with Crippen molar-refractivity contribution in [1.82, 2.24) is 10.2 Å². The zero-order valence-corrected chi connectivity index (χ0v) is 25.7. The summed E-state index contributed by atoms with van der Waals surface area (Å²) >= 11 is 0. The Morgan fingerprint density at radius 3 is 2.41 bits per heavy atom. The molecule has 234 valence electrons. The number of rotatable bonds is 13. The highest BCUT2D eigenvalue weighted by atomic mass is 19.1.